The van der Waals surface area contributed by atoms with Crippen molar-refractivity contribution in [3.63, 3.8) is 0 Å². The van der Waals surface area contributed by atoms with E-state index in [1.54, 1.807) is 20.8 Å². The van der Waals surface area contributed by atoms with Gasteiger partial charge in [-0.25, -0.2) is 9.78 Å². The lowest BCUT2D eigenvalue weighted by Gasteiger charge is -2.19. The quantitative estimate of drug-likeness (QED) is 0.737. The molecule has 6 heteroatoms. The van der Waals surface area contributed by atoms with Crippen molar-refractivity contribution in [1.29, 1.82) is 0 Å². The topological polar surface area (TPSA) is 79.9 Å². The molecule has 0 bridgehead atoms. The summed E-state index contributed by atoms with van der Waals surface area (Å²) in [4.78, 5) is 15.0. The predicted molar refractivity (Wildman–Crippen MR) is 49.5 cm³/mol. The molecule has 6 nitrogen and oxygen atoms in total. The maximum atomic E-state index is 11.2. The molecule has 78 valence electrons. The Balaban J connectivity index is 2.29. The van der Waals surface area contributed by atoms with Gasteiger partial charge >= 0.3 is 6.09 Å². The number of alkyl carbamates (subject to hydrolysis) is 1. The number of aromatic amines is 1. The summed E-state index contributed by atoms with van der Waals surface area (Å²) in [5, 5.41) is 8.82. The van der Waals surface area contributed by atoms with E-state index in [1.807, 2.05) is 0 Å². The Kier molecular flexibility index (Phi) is 3.06. The number of hydrogen-bond donors (Lipinski definition) is 2. The van der Waals surface area contributed by atoms with Gasteiger partial charge in [-0.05, 0) is 20.8 Å². The van der Waals surface area contributed by atoms with Gasteiger partial charge in [-0.1, -0.05) is 0 Å². The van der Waals surface area contributed by atoms with Crippen LogP contribution in [-0.4, -0.2) is 26.9 Å². The Morgan fingerprint density at radius 3 is 2.86 bits per heavy atom. The van der Waals surface area contributed by atoms with Gasteiger partial charge in [0.2, 0.25) is 0 Å². The summed E-state index contributed by atoms with van der Waals surface area (Å²) in [5.74, 6) is 0.593. The van der Waals surface area contributed by atoms with Gasteiger partial charge < -0.3 is 10.1 Å². The molecule has 1 amide bonds. The molecule has 0 aliphatic carbocycles. The summed E-state index contributed by atoms with van der Waals surface area (Å²) in [6.07, 6.45) is 0.917. The van der Waals surface area contributed by atoms with Gasteiger partial charge in [0.05, 0.1) is 6.54 Å². The molecule has 0 aliphatic heterocycles. The van der Waals surface area contributed by atoms with Crippen LogP contribution in [0.1, 0.15) is 26.6 Å². The molecule has 2 N–H and O–H groups in total. The van der Waals surface area contributed by atoms with Crippen LogP contribution in [0.2, 0.25) is 0 Å². The third kappa shape index (κ3) is 3.88. The van der Waals surface area contributed by atoms with Crippen LogP contribution in [0.25, 0.3) is 0 Å². The van der Waals surface area contributed by atoms with Crippen molar-refractivity contribution < 1.29 is 9.53 Å². The maximum Gasteiger partial charge on any atom is 0.408 e. The van der Waals surface area contributed by atoms with Crippen molar-refractivity contribution in [2.24, 2.45) is 0 Å². The molecule has 14 heavy (non-hydrogen) atoms. The first-order valence-corrected chi connectivity index (χ1v) is 4.28. The number of nitrogens with one attached hydrogen (secondary N) is 2. The summed E-state index contributed by atoms with van der Waals surface area (Å²) in [7, 11) is 0. The molecular formula is C8H14N4O2. The third-order valence-corrected chi connectivity index (χ3v) is 1.26. The van der Waals surface area contributed by atoms with E-state index in [4.69, 9.17) is 4.74 Å². The smallest absolute Gasteiger partial charge is 0.408 e. The normalized spacial score (nSPS) is 11.1. The number of nitrogens with zero attached hydrogens (tertiary/aromatic N) is 2. The molecule has 1 heterocycles. The average molecular weight is 198 g/mol. The molecule has 0 unspecified atom stereocenters. The molecule has 0 aliphatic rings. The fraction of sp³-hybridized carbons (Fsp3) is 0.625. The highest BCUT2D eigenvalue weighted by atomic mass is 16.6. The molecule has 0 aromatic carbocycles. The van der Waals surface area contributed by atoms with Crippen LogP contribution in [0.5, 0.6) is 0 Å². The van der Waals surface area contributed by atoms with Gasteiger partial charge in [0.25, 0.3) is 0 Å². The van der Waals surface area contributed by atoms with E-state index >= 15 is 0 Å². The second-order valence-corrected chi connectivity index (χ2v) is 3.79. The van der Waals surface area contributed by atoms with Crippen LogP contribution < -0.4 is 5.32 Å². The first-order chi connectivity index (χ1) is 6.47. The summed E-state index contributed by atoms with van der Waals surface area (Å²) in [5.41, 5.74) is -0.481. The lowest BCUT2D eigenvalue weighted by Crippen LogP contribution is -2.32. The summed E-state index contributed by atoms with van der Waals surface area (Å²) < 4.78 is 5.02. The Labute approximate surface area is 82.1 Å². The number of hydrogen-bond acceptors (Lipinski definition) is 4. The standard InChI is InChI=1S/C8H14N4O2/c1-8(2,3)14-7(13)9-4-6-10-5-11-12-6/h5H,4H2,1-3H3,(H,9,13)(H,10,11,12). The highest BCUT2D eigenvalue weighted by molar-refractivity contribution is 5.67. The monoisotopic (exact) mass is 198 g/mol. The van der Waals surface area contributed by atoms with Gasteiger partial charge in [0.15, 0.2) is 0 Å². The molecule has 0 spiro atoms. The Hall–Kier alpha value is -1.59. The molecule has 0 saturated carbocycles. The Bertz CT molecular complexity index is 289. The van der Waals surface area contributed by atoms with Crippen LogP contribution >= 0.6 is 0 Å². The molecule has 0 atom stereocenters. The van der Waals surface area contributed by atoms with Gasteiger partial charge in [0, 0.05) is 0 Å². The Morgan fingerprint density at radius 1 is 1.64 bits per heavy atom. The van der Waals surface area contributed by atoms with Gasteiger partial charge in [-0.2, -0.15) is 5.10 Å². The van der Waals surface area contributed by atoms with Gasteiger partial charge in [-0.3, -0.25) is 5.10 Å². The molecular weight excluding hydrogens is 184 g/mol. The lowest BCUT2D eigenvalue weighted by atomic mass is 10.2. The lowest BCUT2D eigenvalue weighted by molar-refractivity contribution is 0.0522. The molecule has 1 rings (SSSR count). The second kappa shape index (κ2) is 4.08. The first kappa shape index (κ1) is 10.5. The van der Waals surface area contributed by atoms with Crippen molar-refractivity contribution in [2.45, 2.75) is 32.9 Å². The van der Waals surface area contributed by atoms with E-state index in [-0.39, 0.29) is 6.54 Å². The zero-order valence-electron chi connectivity index (χ0n) is 8.50. The average Bonchev–Trinajstić information content (AvgIpc) is 2.49. The summed E-state index contributed by atoms with van der Waals surface area (Å²) in [6, 6.07) is 0. The van der Waals surface area contributed by atoms with E-state index in [1.165, 1.54) is 6.33 Å². The predicted octanol–water partition coefficient (Wildman–Crippen LogP) is 0.829. The van der Waals surface area contributed by atoms with E-state index in [2.05, 4.69) is 20.5 Å². The number of carbonyl (C=O) groups excluding carboxylic acids is 1. The fourth-order valence-electron chi connectivity index (χ4n) is 0.786. The Morgan fingerprint density at radius 2 is 2.36 bits per heavy atom. The largest absolute Gasteiger partial charge is 0.444 e. The second-order valence-electron chi connectivity index (χ2n) is 3.79. The number of ether oxygens (including phenoxy) is 1. The molecule has 0 fully saturated rings. The van der Waals surface area contributed by atoms with Crippen LogP contribution in [-0.2, 0) is 11.3 Å². The molecule has 1 aromatic heterocycles. The van der Waals surface area contributed by atoms with E-state index in [0.717, 1.165) is 0 Å². The van der Waals surface area contributed by atoms with E-state index in [0.29, 0.717) is 5.82 Å². The molecule has 0 radical (unpaired) electrons. The zero-order valence-corrected chi connectivity index (χ0v) is 8.50. The van der Waals surface area contributed by atoms with E-state index in [9.17, 15) is 4.79 Å². The van der Waals surface area contributed by atoms with Crippen LogP contribution in [0.3, 0.4) is 0 Å². The highest BCUT2D eigenvalue weighted by Crippen LogP contribution is 2.06. The zero-order chi connectivity index (χ0) is 10.6. The number of rotatable bonds is 2. The number of aromatic nitrogens is 3. The minimum Gasteiger partial charge on any atom is -0.444 e. The van der Waals surface area contributed by atoms with Crippen LogP contribution in [0.4, 0.5) is 4.79 Å². The number of carbonyl (C=O) groups is 1. The van der Waals surface area contributed by atoms with E-state index < -0.39 is 11.7 Å². The number of H-pyrrole nitrogens is 1. The van der Waals surface area contributed by atoms with Crippen LogP contribution in [0, 0.1) is 0 Å². The SMILES string of the molecule is CC(C)(C)OC(=O)NCc1ncn[nH]1. The summed E-state index contributed by atoms with van der Waals surface area (Å²) in [6.45, 7) is 5.71. The van der Waals surface area contributed by atoms with Crippen molar-refractivity contribution >= 4 is 6.09 Å². The minimum absolute atomic E-state index is 0.287. The van der Waals surface area contributed by atoms with Gasteiger partial charge in [0.1, 0.15) is 17.8 Å². The first-order valence-electron chi connectivity index (χ1n) is 4.28. The number of amides is 1. The van der Waals surface area contributed by atoms with Crippen molar-refractivity contribution in [2.75, 3.05) is 0 Å². The minimum atomic E-state index is -0.481. The summed E-state index contributed by atoms with van der Waals surface area (Å²) >= 11 is 0. The van der Waals surface area contributed by atoms with Crippen molar-refractivity contribution in [1.82, 2.24) is 20.5 Å². The fourth-order valence-corrected chi connectivity index (χ4v) is 0.786. The highest BCUT2D eigenvalue weighted by Gasteiger charge is 2.15. The van der Waals surface area contributed by atoms with Crippen molar-refractivity contribution in [3.8, 4) is 0 Å². The third-order valence-electron chi connectivity index (χ3n) is 1.26. The molecule has 1 aromatic rings. The molecule has 0 saturated heterocycles. The maximum absolute atomic E-state index is 11.2. The van der Waals surface area contributed by atoms with Crippen molar-refractivity contribution in [3.05, 3.63) is 12.2 Å². The van der Waals surface area contributed by atoms with Crippen LogP contribution in [0.15, 0.2) is 6.33 Å². The van der Waals surface area contributed by atoms with Gasteiger partial charge in [-0.15, -0.1) is 0 Å².